The van der Waals surface area contributed by atoms with Crippen LogP contribution in [0.1, 0.15) is 56.4 Å². The van der Waals surface area contributed by atoms with Crippen molar-refractivity contribution in [1.29, 1.82) is 0 Å². The average Bonchev–Trinajstić information content (AvgIpc) is 3.39. The Balaban J connectivity index is 1.27. The number of esters is 1. The summed E-state index contributed by atoms with van der Waals surface area (Å²) in [5.74, 6) is 4.18. The van der Waals surface area contributed by atoms with Crippen LogP contribution in [0.5, 0.6) is 0 Å². The highest BCUT2D eigenvalue weighted by molar-refractivity contribution is 7.98. The molecule has 176 valence electrons. The van der Waals surface area contributed by atoms with Crippen LogP contribution >= 0.6 is 11.8 Å². The van der Waals surface area contributed by atoms with Crippen LogP contribution in [0.3, 0.4) is 0 Å². The number of fused-ring (bicyclic) bond motifs is 1. The number of aromatic nitrogens is 3. The number of thioether (sulfide) groups is 1. The summed E-state index contributed by atoms with van der Waals surface area (Å²) in [6, 6.07) is 4.20. The highest BCUT2D eigenvalue weighted by Gasteiger charge is 2.41. The zero-order chi connectivity index (χ0) is 22.8. The summed E-state index contributed by atoms with van der Waals surface area (Å²) in [7, 11) is 0. The predicted molar refractivity (Wildman–Crippen MR) is 131 cm³/mol. The molecule has 2 N–H and O–H groups in total. The first-order valence-electron chi connectivity index (χ1n) is 11.8. The minimum atomic E-state index is -0.177. The van der Waals surface area contributed by atoms with Gasteiger partial charge in [-0.1, -0.05) is 13.8 Å². The van der Waals surface area contributed by atoms with Crippen molar-refractivity contribution in [2.75, 3.05) is 35.2 Å². The maximum atomic E-state index is 11.8. The molecule has 1 atom stereocenters. The van der Waals surface area contributed by atoms with E-state index in [0.717, 1.165) is 53.1 Å². The number of ether oxygens (including phenoxy) is 1. The number of pyridine rings is 1. The molecule has 2 saturated heterocycles. The van der Waals surface area contributed by atoms with Crippen LogP contribution in [-0.2, 0) is 27.6 Å². The lowest BCUT2D eigenvalue weighted by atomic mass is 9.85. The normalized spacial score (nSPS) is 21.6. The second-order valence-electron chi connectivity index (χ2n) is 9.76. The van der Waals surface area contributed by atoms with E-state index in [1.165, 1.54) is 19.3 Å². The van der Waals surface area contributed by atoms with Crippen LogP contribution in [0.25, 0.3) is 0 Å². The minimum Gasteiger partial charge on any atom is -0.460 e. The zero-order valence-electron chi connectivity index (χ0n) is 19.4. The number of cyclic esters (lactones) is 1. The Bertz CT molecular complexity index is 1020. The fourth-order valence-electron chi connectivity index (χ4n) is 4.68. The second-order valence-corrected chi connectivity index (χ2v) is 10.7. The summed E-state index contributed by atoms with van der Waals surface area (Å²) in [4.78, 5) is 28.3. The Morgan fingerprint density at radius 3 is 2.82 bits per heavy atom. The van der Waals surface area contributed by atoms with Crippen LogP contribution in [0.2, 0.25) is 0 Å². The van der Waals surface area contributed by atoms with Crippen molar-refractivity contribution in [2.24, 2.45) is 5.41 Å². The number of carbonyl (C=O) groups excluding carboxylic acids is 1. The number of piperidine rings is 1. The molecule has 33 heavy (non-hydrogen) atoms. The van der Waals surface area contributed by atoms with Gasteiger partial charge in [0.05, 0.1) is 18.7 Å². The van der Waals surface area contributed by atoms with Gasteiger partial charge in [0.25, 0.3) is 0 Å². The van der Waals surface area contributed by atoms with Crippen molar-refractivity contribution in [3.63, 3.8) is 0 Å². The van der Waals surface area contributed by atoms with Crippen molar-refractivity contribution < 1.29 is 9.53 Å². The molecule has 8 nitrogen and oxygen atoms in total. The van der Waals surface area contributed by atoms with Crippen LogP contribution in [0.15, 0.2) is 18.3 Å². The van der Waals surface area contributed by atoms with Gasteiger partial charge >= 0.3 is 5.97 Å². The summed E-state index contributed by atoms with van der Waals surface area (Å²) in [6.07, 6.45) is 5.96. The molecule has 1 unspecified atom stereocenters. The van der Waals surface area contributed by atoms with Gasteiger partial charge in [0, 0.05) is 48.3 Å². The largest absolute Gasteiger partial charge is 0.460 e. The van der Waals surface area contributed by atoms with E-state index >= 15 is 0 Å². The third kappa shape index (κ3) is 5.03. The molecule has 2 aromatic heterocycles. The molecule has 0 spiro atoms. The molecule has 0 amide bonds. The van der Waals surface area contributed by atoms with Gasteiger partial charge in [-0.05, 0) is 37.0 Å². The predicted octanol–water partition coefficient (Wildman–Crippen LogP) is 3.97. The lowest BCUT2D eigenvalue weighted by Gasteiger charge is -2.28. The molecule has 0 saturated carbocycles. The van der Waals surface area contributed by atoms with Gasteiger partial charge in [-0.3, -0.25) is 4.79 Å². The number of carbonyl (C=O) groups is 1. The number of nitrogens with zero attached hydrogens (tertiary/aromatic N) is 4. The van der Waals surface area contributed by atoms with E-state index in [1.807, 2.05) is 24.0 Å². The van der Waals surface area contributed by atoms with Crippen LogP contribution in [0, 0.1) is 5.41 Å². The first kappa shape index (κ1) is 22.3. The first-order chi connectivity index (χ1) is 16.0. The van der Waals surface area contributed by atoms with E-state index in [-0.39, 0.29) is 17.5 Å². The van der Waals surface area contributed by atoms with Gasteiger partial charge in [0.15, 0.2) is 0 Å². The van der Waals surface area contributed by atoms with Crippen molar-refractivity contribution in [3.05, 3.63) is 35.2 Å². The molecule has 2 aromatic rings. The van der Waals surface area contributed by atoms with Crippen molar-refractivity contribution in [3.8, 4) is 0 Å². The fourth-order valence-corrected chi connectivity index (χ4v) is 5.72. The third-order valence-electron chi connectivity index (χ3n) is 6.72. The summed E-state index contributed by atoms with van der Waals surface area (Å²) in [6.45, 7) is 7.50. The maximum absolute atomic E-state index is 11.8. The average molecular weight is 469 g/mol. The molecule has 3 aliphatic heterocycles. The minimum absolute atomic E-state index is 0.126. The Kier molecular flexibility index (Phi) is 6.32. The topological polar surface area (TPSA) is 92.3 Å². The van der Waals surface area contributed by atoms with E-state index in [9.17, 15) is 4.79 Å². The molecule has 0 aliphatic carbocycles. The molecule has 2 fully saturated rings. The lowest BCUT2D eigenvalue weighted by Crippen LogP contribution is -2.32. The summed E-state index contributed by atoms with van der Waals surface area (Å²) < 4.78 is 5.54. The highest BCUT2D eigenvalue weighted by Crippen LogP contribution is 2.37. The molecule has 9 heteroatoms. The molecule has 0 radical (unpaired) electrons. The van der Waals surface area contributed by atoms with Gasteiger partial charge in [-0.25, -0.2) is 9.97 Å². The maximum Gasteiger partial charge on any atom is 0.306 e. The van der Waals surface area contributed by atoms with E-state index in [2.05, 4.69) is 40.4 Å². The number of hydrogen-bond donors (Lipinski definition) is 2. The van der Waals surface area contributed by atoms with Crippen molar-refractivity contribution >= 4 is 35.3 Å². The standard InChI is InChI=1S/C24H32N6O2S/c1-24(2)11-21(31)32-19(24)13-26-22-17-14-33-15-18(17)28-23(29-22)27-12-16-6-7-25-20(10-16)30-8-4-3-5-9-30/h6-7,10,19H,3-5,8-9,11-15H2,1-2H3,(H2,26,27,28,29). The van der Waals surface area contributed by atoms with E-state index in [4.69, 9.17) is 14.7 Å². The Hall–Kier alpha value is -2.55. The first-order valence-corrected chi connectivity index (χ1v) is 13.0. The number of anilines is 3. The molecule has 3 aliphatic rings. The van der Waals surface area contributed by atoms with E-state index in [0.29, 0.717) is 25.5 Å². The fraction of sp³-hybridized carbons (Fsp3) is 0.583. The summed E-state index contributed by atoms with van der Waals surface area (Å²) in [5.41, 5.74) is 3.22. The molecule has 0 bridgehead atoms. The second kappa shape index (κ2) is 9.37. The Labute approximate surface area is 199 Å². The number of hydrogen-bond acceptors (Lipinski definition) is 9. The van der Waals surface area contributed by atoms with Gasteiger partial charge in [-0.2, -0.15) is 16.7 Å². The highest BCUT2D eigenvalue weighted by atomic mass is 32.2. The summed E-state index contributed by atoms with van der Waals surface area (Å²) >= 11 is 1.85. The van der Waals surface area contributed by atoms with Gasteiger partial charge in [0.1, 0.15) is 17.7 Å². The zero-order valence-corrected chi connectivity index (χ0v) is 20.2. The SMILES string of the molecule is CC1(C)CC(=O)OC1CNc1nc(NCc2ccnc(N3CCCCC3)c2)nc2c1CSC2. The lowest BCUT2D eigenvalue weighted by molar-refractivity contribution is -0.141. The van der Waals surface area contributed by atoms with Gasteiger partial charge in [0.2, 0.25) is 5.95 Å². The molecule has 5 heterocycles. The Morgan fingerprint density at radius 2 is 2.03 bits per heavy atom. The molecule has 0 aromatic carbocycles. The number of nitrogens with one attached hydrogen (secondary N) is 2. The van der Waals surface area contributed by atoms with E-state index < -0.39 is 0 Å². The quantitative estimate of drug-likeness (QED) is 0.586. The third-order valence-corrected chi connectivity index (χ3v) is 7.69. The monoisotopic (exact) mass is 468 g/mol. The van der Waals surface area contributed by atoms with Crippen molar-refractivity contribution in [1.82, 2.24) is 15.0 Å². The van der Waals surface area contributed by atoms with E-state index in [1.54, 1.807) is 0 Å². The number of rotatable bonds is 7. The van der Waals surface area contributed by atoms with Crippen LogP contribution < -0.4 is 15.5 Å². The Morgan fingerprint density at radius 1 is 1.18 bits per heavy atom. The van der Waals surface area contributed by atoms with Crippen LogP contribution in [-0.4, -0.2) is 46.7 Å². The molecular weight excluding hydrogens is 436 g/mol. The van der Waals surface area contributed by atoms with Crippen LogP contribution in [0.4, 0.5) is 17.6 Å². The molecular formula is C24H32N6O2S. The van der Waals surface area contributed by atoms with Gasteiger partial charge < -0.3 is 20.3 Å². The van der Waals surface area contributed by atoms with Crippen molar-refractivity contribution in [2.45, 2.75) is 63.7 Å². The summed E-state index contributed by atoms with van der Waals surface area (Å²) in [5, 5.41) is 6.86. The molecule has 5 rings (SSSR count). The van der Waals surface area contributed by atoms with Gasteiger partial charge in [-0.15, -0.1) is 0 Å². The smallest absolute Gasteiger partial charge is 0.306 e.